The van der Waals surface area contributed by atoms with E-state index >= 15 is 0 Å². The largest absolute Gasteiger partial charge is 0.316 e. The van der Waals surface area contributed by atoms with Crippen molar-refractivity contribution in [2.45, 2.75) is 35.3 Å². The zero-order chi connectivity index (χ0) is 11.9. The number of nitrogens with one attached hydrogen (secondary N) is 1. The summed E-state index contributed by atoms with van der Waals surface area (Å²) in [5, 5.41) is 3.22. The second-order valence-corrected chi connectivity index (χ2v) is 7.23. The summed E-state index contributed by atoms with van der Waals surface area (Å²) in [6.07, 6.45) is 2.81. The lowest BCUT2D eigenvalue weighted by Crippen LogP contribution is -2.09. The lowest BCUT2D eigenvalue weighted by atomic mass is 9.99. The third-order valence-electron chi connectivity index (χ3n) is 3.70. The second kappa shape index (κ2) is 4.10. The summed E-state index contributed by atoms with van der Waals surface area (Å²) in [5.41, 5.74) is 1.25. The average Bonchev–Trinajstić information content (AvgIpc) is 3.07. The molecule has 0 aromatic heterocycles. The molecule has 1 aliphatic heterocycles. The van der Waals surface area contributed by atoms with Crippen molar-refractivity contribution in [1.29, 1.82) is 0 Å². The first kappa shape index (κ1) is 11.2. The van der Waals surface area contributed by atoms with Crippen LogP contribution < -0.4 is 5.32 Å². The first-order valence-electron chi connectivity index (χ1n) is 6.22. The van der Waals surface area contributed by atoms with Crippen LogP contribution in [0.3, 0.4) is 0 Å². The first-order chi connectivity index (χ1) is 8.18. The van der Waals surface area contributed by atoms with Crippen molar-refractivity contribution in [3.63, 3.8) is 0 Å². The highest BCUT2D eigenvalue weighted by Crippen LogP contribution is 2.34. The van der Waals surface area contributed by atoms with Crippen molar-refractivity contribution < 1.29 is 8.42 Å². The SMILES string of the molecule is O=S(=O)(c1ccc(C2CCNC2)cc1)C1CC1. The molecule has 2 fully saturated rings. The fourth-order valence-corrected chi connectivity index (χ4v) is 4.10. The lowest BCUT2D eigenvalue weighted by molar-refractivity contribution is 0.594. The van der Waals surface area contributed by atoms with Gasteiger partial charge in [-0.3, -0.25) is 0 Å². The quantitative estimate of drug-likeness (QED) is 0.889. The van der Waals surface area contributed by atoms with Crippen LogP contribution in [0.15, 0.2) is 29.2 Å². The Morgan fingerprint density at radius 3 is 2.29 bits per heavy atom. The van der Waals surface area contributed by atoms with Crippen molar-refractivity contribution in [3.05, 3.63) is 29.8 Å². The third kappa shape index (κ3) is 2.11. The van der Waals surface area contributed by atoms with Crippen LogP contribution >= 0.6 is 0 Å². The minimum absolute atomic E-state index is 0.110. The molecule has 1 aliphatic carbocycles. The predicted molar refractivity (Wildman–Crippen MR) is 66.9 cm³/mol. The first-order valence-corrected chi connectivity index (χ1v) is 7.77. The Labute approximate surface area is 102 Å². The van der Waals surface area contributed by atoms with E-state index in [1.807, 2.05) is 12.1 Å². The predicted octanol–water partition coefficient (Wildman–Crippen LogP) is 1.70. The molecule has 0 amide bonds. The van der Waals surface area contributed by atoms with Crippen LogP contribution in [-0.2, 0) is 9.84 Å². The van der Waals surface area contributed by atoms with Gasteiger partial charge < -0.3 is 5.32 Å². The Morgan fingerprint density at radius 1 is 1.06 bits per heavy atom. The minimum Gasteiger partial charge on any atom is -0.316 e. The number of hydrogen-bond donors (Lipinski definition) is 1. The molecule has 4 heteroatoms. The van der Waals surface area contributed by atoms with E-state index in [1.165, 1.54) is 5.56 Å². The van der Waals surface area contributed by atoms with Crippen LogP contribution in [-0.4, -0.2) is 26.8 Å². The van der Waals surface area contributed by atoms with Crippen LogP contribution in [0, 0.1) is 0 Å². The highest BCUT2D eigenvalue weighted by atomic mass is 32.2. The van der Waals surface area contributed by atoms with E-state index in [1.54, 1.807) is 12.1 Å². The maximum atomic E-state index is 12.0. The molecule has 1 N–H and O–H groups in total. The summed E-state index contributed by atoms with van der Waals surface area (Å²) in [6, 6.07) is 7.52. The molecule has 3 rings (SSSR count). The maximum Gasteiger partial charge on any atom is 0.181 e. The van der Waals surface area contributed by atoms with E-state index in [2.05, 4.69) is 5.32 Å². The van der Waals surface area contributed by atoms with E-state index in [0.29, 0.717) is 10.8 Å². The minimum atomic E-state index is -3.02. The smallest absolute Gasteiger partial charge is 0.181 e. The highest BCUT2D eigenvalue weighted by molar-refractivity contribution is 7.92. The van der Waals surface area contributed by atoms with Crippen molar-refractivity contribution in [1.82, 2.24) is 5.32 Å². The molecule has 0 bridgehead atoms. The number of sulfone groups is 1. The molecule has 1 saturated heterocycles. The van der Waals surface area contributed by atoms with Crippen LogP contribution in [0.5, 0.6) is 0 Å². The normalized spacial score (nSPS) is 25.1. The van der Waals surface area contributed by atoms with Gasteiger partial charge in [0.1, 0.15) is 0 Å². The Bertz CT molecular complexity index is 497. The molecular formula is C13H17NO2S. The number of benzene rings is 1. The van der Waals surface area contributed by atoms with Crippen molar-refractivity contribution in [2.24, 2.45) is 0 Å². The van der Waals surface area contributed by atoms with Gasteiger partial charge in [0, 0.05) is 6.54 Å². The molecule has 1 heterocycles. The Hall–Kier alpha value is -0.870. The van der Waals surface area contributed by atoms with E-state index in [-0.39, 0.29) is 5.25 Å². The fourth-order valence-electron chi connectivity index (χ4n) is 2.44. The van der Waals surface area contributed by atoms with Gasteiger partial charge in [0.05, 0.1) is 10.1 Å². The number of hydrogen-bond acceptors (Lipinski definition) is 3. The molecule has 0 radical (unpaired) electrons. The summed E-state index contributed by atoms with van der Waals surface area (Å²) < 4.78 is 24.0. The average molecular weight is 251 g/mol. The zero-order valence-electron chi connectivity index (χ0n) is 9.72. The van der Waals surface area contributed by atoms with E-state index in [9.17, 15) is 8.42 Å². The van der Waals surface area contributed by atoms with Crippen LogP contribution in [0.25, 0.3) is 0 Å². The second-order valence-electron chi connectivity index (χ2n) is 5.00. The summed E-state index contributed by atoms with van der Waals surface area (Å²) in [7, 11) is -3.02. The molecule has 1 atom stereocenters. The molecule has 1 aromatic rings. The van der Waals surface area contributed by atoms with Gasteiger partial charge in [-0.1, -0.05) is 12.1 Å². The Balaban J connectivity index is 1.84. The van der Waals surface area contributed by atoms with Gasteiger partial charge in [0.15, 0.2) is 9.84 Å². The fraction of sp³-hybridized carbons (Fsp3) is 0.538. The van der Waals surface area contributed by atoms with Crippen LogP contribution in [0.2, 0.25) is 0 Å². The Kier molecular flexibility index (Phi) is 2.71. The van der Waals surface area contributed by atoms with E-state index < -0.39 is 9.84 Å². The van der Waals surface area contributed by atoms with Gasteiger partial charge in [-0.25, -0.2) is 8.42 Å². The van der Waals surface area contributed by atoms with Crippen molar-refractivity contribution >= 4 is 9.84 Å². The summed E-state index contributed by atoms with van der Waals surface area (Å²) in [4.78, 5) is 0.495. The Morgan fingerprint density at radius 2 is 1.76 bits per heavy atom. The van der Waals surface area contributed by atoms with Gasteiger partial charge in [0.2, 0.25) is 0 Å². The van der Waals surface area contributed by atoms with E-state index in [0.717, 1.165) is 32.4 Å². The van der Waals surface area contributed by atoms with Crippen molar-refractivity contribution in [3.8, 4) is 0 Å². The molecule has 1 aromatic carbocycles. The third-order valence-corrected chi connectivity index (χ3v) is 5.98. The summed E-state index contributed by atoms with van der Waals surface area (Å²) in [5.74, 6) is 0.549. The van der Waals surface area contributed by atoms with Crippen LogP contribution in [0.1, 0.15) is 30.7 Å². The summed E-state index contributed by atoms with van der Waals surface area (Å²) in [6.45, 7) is 2.07. The molecule has 1 saturated carbocycles. The molecule has 2 aliphatic rings. The molecule has 0 spiro atoms. The summed E-state index contributed by atoms with van der Waals surface area (Å²) >= 11 is 0. The van der Waals surface area contributed by atoms with Gasteiger partial charge >= 0.3 is 0 Å². The lowest BCUT2D eigenvalue weighted by Gasteiger charge is -2.09. The van der Waals surface area contributed by atoms with E-state index in [4.69, 9.17) is 0 Å². The molecule has 92 valence electrons. The maximum absolute atomic E-state index is 12.0. The van der Waals surface area contributed by atoms with Crippen molar-refractivity contribution in [2.75, 3.05) is 13.1 Å². The highest BCUT2D eigenvalue weighted by Gasteiger charge is 2.36. The number of rotatable bonds is 3. The topological polar surface area (TPSA) is 46.2 Å². The van der Waals surface area contributed by atoms with Gasteiger partial charge in [0.25, 0.3) is 0 Å². The standard InChI is InChI=1S/C13H17NO2S/c15-17(16,13-5-6-13)12-3-1-10(2-4-12)11-7-8-14-9-11/h1-4,11,13-14H,5-9H2. The molecular weight excluding hydrogens is 234 g/mol. The van der Waals surface area contributed by atoms with Crippen LogP contribution in [0.4, 0.5) is 0 Å². The molecule has 17 heavy (non-hydrogen) atoms. The van der Waals surface area contributed by atoms with Gasteiger partial charge in [-0.15, -0.1) is 0 Å². The molecule has 1 unspecified atom stereocenters. The monoisotopic (exact) mass is 251 g/mol. The molecule has 3 nitrogen and oxygen atoms in total. The van der Waals surface area contributed by atoms with Gasteiger partial charge in [-0.05, 0) is 49.4 Å². The van der Waals surface area contributed by atoms with Gasteiger partial charge in [-0.2, -0.15) is 0 Å². The zero-order valence-corrected chi connectivity index (χ0v) is 10.5.